The third-order valence-electron chi connectivity index (χ3n) is 4.70. The molecule has 160 valence electrons. The largest absolute Gasteiger partial charge is 0.489 e. The second-order valence-electron chi connectivity index (χ2n) is 7.65. The van der Waals surface area contributed by atoms with E-state index in [2.05, 4.69) is 55.6 Å². The highest BCUT2D eigenvalue weighted by Gasteiger charge is 2.04. The molecule has 0 spiro atoms. The van der Waals surface area contributed by atoms with Crippen molar-refractivity contribution in [1.82, 2.24) is 5.43 Å². The molecule has 1 amide bonds. The molecule has 3 aromatic carbocycles. The van der Waals surface area contributed by atoms with Crippen LogP contribution >= 0.6 is 0 Å². The van der Waals surface area contributed by atoms with Crippen molar-refractivity contribution in [3.63, 3.8) is 0 Å². The van der Waals surface area contributed by atoms with Gasteiger partial charge in [0.05, 0.1) is 6.21 Å². The zero-order valence-electron chi connectivity index (χ0n) is 18.2. The number of ether oxygens (including phenoxy) is 2. The van der Waals surface area contributed by atoms with Gasteiger partial charge in [0.25, 0.3) is 5.91 Å². The summed E-state index contributed by atoms with van der Waals surface area (Å²) in [6, 6.07) is 23.5. The Morgan fingerprint density at radius 2 is 1.71 bits per heavy atom. The summed E-state index contributed by atoms with van der Waals surface area (Å²) in [7, 11) is 0. The minimum absolute atomic E-state index is 0.0926. The minimum atomic E-state index is -0.316. The monoisotopic (exact) mass is 416 g/mol. The lowest BCUT2D eigenvalue weighted by atomic mass is 10.0. The molecule has 0 radical (unpaired) electrons. The van der Waals surface area contributed by atoms with Gasteiger partial charge < -0.3 is 9.47 Å². The maximum absolute atomic E-state index is 12.0. The molecule has 3 aromatic rings. The van der Waals surface area contributed by atoms with E-state index in [1.807, 2.05) is 48.5 Å². The summed E-state index contributed by atoms with van der Waals surface area (Å²) in [5, 5.41) is 3.99. The van der Waals surface area contributed by atoms with E-state index < -0.39 is 0 Å². The number of carbonyl (C=O) groups is 1. The fourth-order valence-electron chi connectivity index (χ4n) is 2.82. The lowest BCUT2D eigenvalue weighted by molar-refractivity contribution is -0.123. The van der Waals surface area contributed by atoms with E-state index in [4.69, 9.17) is 9.47 Å². The van der Waals surface area contributed by atoms with Crippen molar-refractivity contribution in [2.75, 3.05) is 6.61 Å². The van der Waals surface area contributed by atoms with Gasteiger partial charge in [0.15, 0.2) is 6.61 Å². The zero-order valence-corrected chi connectivity index (χ0v) is 18.2. The molecule has 1 N–H and O–H groups in total. The first-order chi connectivity index (χ1) is 15.0. The van der Waals surface area contributed by atoms with Crippen molar-refractivity contribution in [2.24, 2.45) is 5.10 Å². The van der Waals surface area contributed by atoms with Crippen LogP contribution in [0.15, 0.2) is 77.9 Å². The van der Waals surface area contributed by atoms with Crippen LogP contribution in [-0.2, 0) is 11.4 Å². The summed E-state index contributed by atoms with van der Waals surface area (Å²) >= 11 is 0. The Morgan fingerprint density at radius 3 is 2.42 bits per heavy atom. The average molecular weight is 417 g/mol. The molecular weight excluding hydrogens is 388 g/mol. The fraction of sp³-hybridized carbons (Fsp3) is 0.231. The van der Waals surface area contributed by atoms with Gasteiger partial charge in [-0.15, -0.1) is 0 Å². The van der Waals surface area contributed by atoms with Gasteiger partial charge in [-0.3, -0.25) is 4.79 Å². The predicted molar refractivity (Wildman–Crippen MR) is 124 cm³/mol. The van der Waals surface area contributed by atoms with E-state index in [0.29, 0.717) is 18.3 Å². The number of rotatable bonds is 9. The highest BCUT2D eigenvalue weighted by molar-refractivity contribution is 5.83. The number of nitrogens with one attached hydrogen (secondary N) is 1. The first-order valence-electron chi connectivity index (χ1n) is 10.3. The van der Waals surface area contributed by atoms with Gasteiger partial charge in [-0.2, -0.15) is 5.10 Å². The normalized spacial score (nSPS) is 11.0. The summed E-state index contributed by atoms with van der Waals surface area (Å²) in [5.41, 5.74) is 6.85. The van der Waals surface area contributed by atoms with Crippen LogP contribution in [0, 0.1) is 6.92 Å². The van der Waals surface area contributed by atoms with Crippen LogP contribution in [0.2, 0.25) is 0 Å². The molecule has 0 aliphatic heterocycles. The molecule has 0 aliphatic rings. The van der Waals surface area contributed by atoms with Crippen LogP contribution in [0.4, 0.5) is 0 Å². The summed E-state index contributed by atoms with van der Waals surface area (Å²) in [4.78, 5) is 12.0. The number of aryl methyl sites for hydroxylation is 1. The molecule has 0 atom stereocenters. The van der Waals surface area contributed by atoms with Gasteiger partial charge in [0.1, 0.15) is 18.1 Å². The molecule has 31 heavy (non-hydrogen) atoms. The van der Waals surface area contributed by atoms with Gasteiger partial charge in [-0.25, -0.2) is 5.43 Å². The number of benzene rings is 3. The number of hydrazone groups is 1. The lowest BCUT2D eigenvalue weighted by Gasteiger charge is -2.09. The molecule has 0 heterocycles. The highest BCUT2D eigenvalue weighted by atomic mass is 16.5. The lowest BCUT2D eigenvalue weighted by Crippen LogP contribution is -2.24. The molecule has 0 fully saturated rings. The number of carbonyl (C=O) groups excluding carboxylic acids is 1. The van der Waals surface area contributed by atoms with Crippen LogP contribution in [0.3, 0.4) is 0 Å². The van der Waals surface area contributed by atoms with E-state index in [1.165, 1.54) is 11.1 Å². The first kappa shape index (κ1) is 22.1. The van der Waals surface area contributed by atoms with Crippen molar-refractivity contribution >= 4 is 12.1 Å². The first-order valence-corrected chi connectivity index (χ1v) is 10.3. The van der Waals surface area contributed by atoms with Gasteiger partial charge in [-0.1, -0.05) is 55.8 Å². The molecule has 0 saturated carbocycles. The van der Waals surface area contributed by atoms with Crippen LogP contribution in [-0.4, -0.2) is 18.7 Å². The van der Waals surface area contributed by atoms with Gasteiger partial charge >= 0.3 is 0 Å². The Bertz CT molecular complexity index is 1010. The molecule has 5 nitrogen and oxygen atoms in total. The summed E-state index contributed by atoms with van der Waals surface area (Å²) in [6.07, 6.45) is 1.58. The van der Waals surface area contributed by atoms with E-state index in [9.17, 15) is 4.79 Å². The highest BCUT2D eigenvalue weighted by Crippen LogP contribution is 2.20. The SMILES string of the molecule is Cc1ccc(COc2ccc(/C=N/NC(=O)COc3cccc(C(C)C)c3)cc2)cc1. The maximum atomic E-state index is 12.0. The smallest absolute Gasteiger partial charge is 0.277 e. The van der Waals surface area contributed by atoms with Crippen LogP contribution in [0.1, 0.15) is 42.0 Å². The van der Waals surface area contributed by atoms with Crippen LogP contribution in [0.5, 0.6) is 11.5 Å². The Morgan fingerprint density at radius 1 is 0.968 bits per heavy atom. The zero-order chi connectivity index (χ0) is 22.1. The van der Waals surface area contributed by atoms with Crippen molar-refractivity contribution in [1.29, 1.82) is 0 Å². The third-order valence-corrected chi connectivity index (χ3v) is 4.70. The summed E-state index contributed by atoms with van der Waals surface area (Å²) in [6.45, 7) is 6.72. The third kappa shape index (κ3) is 7.30. The molecular formula is C26H28N2O3. The van der Waals surface area contributed by atoms with E-state index >= 15 is 0 Å². The maximum Gasteiger partial charge on any atom is 0.277 e. The molecule has 0 aliphatic carbocycles. The second-order valence-corrected chi connectivity index (χ2v) is 7.65. The molecule has 0 aromatic heterocycles. The summed E-state index contributed by atoms with van der Waals surface area (Å²) in [5.74, 6) is 1.54. The van der Waals surface area contributed by atoms with E-state index in [0.717, 1.165) is 16.9 Å². The number of nitrogens with zero attached hydrogens (tertiary/aromatic N) is 1. The van der Waals surface area contributed by atoms with Crippen molar-refractivity contribution in [2.45, 2.75) is 33.3 Å². The Kier molecular flexibility index (Phi) is 7.82. The van der Waals surface area contributed by atoms with Gasteiger partial charge in [0, 0.05) is 0 Å². The van der Waals surface area contributed by atoms with Crippen LogP contribution in [0.25, 0.3) is 0 Å². The number of hydrogen-bond acceptors (Lipinski definition) is 4. The van der Waals surface area contributed by atoms with E-state index in [-0.39, 0.29) is 12.5 Å². The van der Waals surface area contributed by atoms with E-state index in [1.54, 1.807) is 6.21 Å². The molecule has 0 unspecified atom stereocenters. The van der Waals surface area contributed by atoms with Crippen molar-refractivity contribution in [3.05, 3.63) is 95.1 Å². The molecule has 3 rings (SSSR count). The van der Waals surface area contributed by atoms with Gasteiger partial charge in [-0.05, 0) is 65.9 Å². The molecule has 0 bridgehead atoms. The topological polar surface area (TPSA) is 59.9 Å². The predicted octanol–water partition coefficient (Wildman–Crippen LogP) is 5.23. The summed E-state index contributed by atoms with van der Waals surface area (Å²) < 4.78 is 11.3. The standard InChI is InChI=1S/C26H28N2O3/c1-19(2)23-5-4-6-25(15-23)31-18-26(29)28-27-16-21-11-13-24(14-12-21)30-17-22-9-7-20(3)8-10-22/h4-16,19H,17-18H2,1-3H3,(H,28,29)/b27-16+. The second kappa shape index (κ2) is 11.0. The number of hydrogen-bond donors (Lipinski definition) is 1. The Labute approximate surface area is 183 Å². The quantitative estimate of drug-likeness (QED) is 0.384. The molecule has 0 saturated heterocycles. The Hall–Kier alpha value is -3.60. The van der Waals surface area contributed by atoms with Crippen LogP contribution < -0.4 is 14.9 Å². The number of amides is 1. The fourth-order valence-corrected chi connectivity index (χ4v) is 2.82. The van der Waals surface area contributed by atoms with Gasteiger partial charge in [0.2, 0.25) is 0 Å². The molecule has 5 heteroatoms. The minimum Gasteiger partial charge on any atom is -0.489 e. The van der Waals surface area contributed by atoms with Crippen molar-refractivity contribution in [3.8, 4) is 11.5 Å². The average Bonchev–Trinajstić information content (AvgIpc) is 2.78. The van der Waals surface area contributed by atoms with Crippen molar-refractivity contribution < 1.29 is 14.3 Å². The Balaban J connectivity index is 1.42.